The molecule has 0 fully saturated rings. The molecule has 1 aromatic carbocycles. The third-order valence-corrected chi connectivity index (χ3v) is 4.41. The molecular formula is C15H12BrN5O3. The normalized spacial score (nSPS) is 14.1. The van der Waals surface area contributed by atoms with E-state index >= 15 is 0 Å². The number of fused-ring (bicyclic) bond motifs is 2. The van der Waals surface area contributed by atoms with Gasteiger partial charge in [0, 0.05) is 24.2 Å². The van der Waals surface area contributed by atoms with E-state index in [-0.39, 0.29) is 5.69 Å². The van der Waals surface area contributed by atoms with Crippen LogP contribution in [0.3, 0.4) is 0 Å². The van der Waals surface area contributed by atoms with Crippen LogP contribution in [0.5, 0.6) is 5.75 Å². The average Bonchev–Trinajstić information content (AvgIpc) is 2.82. The van der Waals surface area contributed by atoms with E-state index in [1.54, 1.807) is 22.8 Å². The van der Waals surface area contributed by atoms with Gasteiger partial charge in [0.2, 0.25) is 0 Å². The van der Waals surface area contributed by atoms with Crippen molar-refractivity contribution in [3.8, 4) is 5.75 Å². The molecule has 0 amide bonds. The maximum absolute atomic E-state index is 11.0. The van der Waals surface area contributed by atoms with Crippen LogP contribution < -0.4 is 9.64 Å². The maximum atomic E-state index is 11.0. The smallest absolute Gasteiger partial charge is 0.270 e. The highest BCUT2D eigenvalue weighted by Gasteiger charge is 2.20. The van der Waals surface area contributed by atoms with E-state index in [9.17, 15) is 10.1 Å². The van der Waals surface area contributed by atoms with Crippen LogP contribution in [0.4, 0.5) is 11.5 Å². The number of imidazole rings is 1. The highest BCUT2D eigenvalue weighted by molar-refractivity contribution is 9.10. The van der Waals surface area contributed by atoms with Crippen LogP contribution in [0.1, 0.15) is 5.56 Å². The molecule has 1 aliphatic heterocycles. The molecule has 122 valence electrons. The Bertz CT molecular complexity index is 942. The molecule has 0 atom stereocenters. The molecule has 0 saturated heterocycles. The lowest BCUT2D eigenvalue weighted by molar-refractivity contribution is -0.384. The van der Waals surface area contributed by atoms with Crippen molar-refractivity contribution < 1.29 is 9.66 Å². The summed E-state index contributed by atoms with van der Waals surface area (Å²) in [6.45, 7) is 1.60. The first-order chi connectivity index (χ1) is 11.6. The van der Waals surface area contributed by atoms with Crippen LogP contribution in [0.15, 0.2) is 41.1 Å². The van der Waals surface area contributed by atoms with E-state index in [0.29, 0.717) is 25.4 Å². The summed E-state index contributed by atoms with van der Waals surface area (Å²) in [6, 6.07) is 8.44. The summed E-state index contributed by atoms with van der Waals surface area (Å²) < 4.78 is 8.18. The SMILES string of the molecule is O=[N+]([O-])c1ccc2c(c1)CN(c1ccc3ncc(Br)n3n1)CCO2. The first-order valence-corrected chi connectivity index (χ1v) is 8.06. The molecule has 0 bridgehead atoms. The summed E-state index contributed by atoms with van der Waals surface area (Å²) in [6.07, 6.45) is 1.69. The van der Waals surface area contributed by atoms with E-state index in [4.69, 9.17) is 4.74 Å². The number of nitro groups is 1. The topological polar surface area (TPSA) is 85.8 Å². The van der Waals surface area contributed by atoms with Crippen LogP contribution >= 0.6 is 15.9 Å². The molecule has 1 aliphatic rings. The van der Waals surface area contributed by atoms with Gasteiger partial charge >= 0.3 is 0 Å². The van der Waals surface area contributed by atoms with Gasteiger partial charge in [-0.2, -0.15) is 0 Å². The van der Waals surface area contributed by atoms with Gasteiger partial charge in [0.1, 0.15) is 22.8 Å². The molecule has 0 radical (unpaired) electrons. The summed E-state index contributed by atoms with van der Waals surface area (Å²) in [4.78, 5) is 16.9. The van der Waals surface area contributed by atoms with Crippen molar-refractivity contribution in [1.29, 1.82) is 0 Å². The molecule has 9 heteroatoms. The minimum atomic E-state index is -0.400. The third-order valence-electron chi connectivity index (χ3n) is 3.87. The van der Waals surface area contributed by atoms with Gasteiger partial charge in [-0.1, -0.05) is 0 Å². The molecule has 0 unspecified atom stereocenters. The zero-order chi connectivity index (χ0) is 16.7. The summed E-state index contributed by atoms with van der Waals surface area (Å²) in [5.74, 6) is 1.43. The Morgan fingerprint density at radius 2 is 2.17 bits per heavy atom. The summed E-state index contributed by atoms with van der Waals surface area (Å²) in [5.41, 5.74) is 1.57. The van der Waals surface area contributed by atoms with Crippen molar-refractivity contribution in [1.82, 2.24) is 14.6 Å². The third kappa shape index (κ3) is 2.56. The van der Waals surface area contributed by atoms with Crippen LogP contribution in [-0.2, 0) is 6.54 Å². The molecule has 3 heterocycles. The molecule has 0 spiro atoms. The highest BCUT2D eigenvalue weighted by atomic mass is 79.9. The number of nitro benzene ring substituents is 1. The van der Waals surface area contributed by atoms with E-state index in [1.807, 2.05) is 17.0 Å². The Labute approximate surface area is 144 Å². The monoisotopic (exact) mass is 389 g/mol. The zero-order valence-electron chi connectivity index (χ0n) is 12.4. The molecule has 3 aromatic rings. The first-order valence-electron chi connectivity index (χ1n) is 7.27. The van der Waals surface area contributed by atoms with Gasteiger partial charge in [-0.25, -0.2) is 9.50 Å². The molecule has 0 aliphatic carbocycles. The van der Waals surface area contributed by atoms with Crippen molar-refractivity contribution in [3.63, 3.8) is 0 Å². The minimum Gasteiger partial charge on any atom is -0.491 e. The molecular weight excluding hydrogens is 378 g/mol. The van der Waals surface area contributed by atoms with E-state index < -0.39 is 4.92 Å². The van der Waals surface area contributed by atoms with Crippen LogP contribution in [0, 0.1) is 10.1 Å². The fourth-order valence-corrected chi connectivity index (χ4v) is 3.06. The fraction of sp³-hybridized carbons (Fsp3) is 0.200. The second-order valence-electron chi connectivity index (χ2n) is 5.36. The molecule has 0 saturated carbocycles. The maximum Gasteiger partial charge on any atom is 0.270 e. The summed E-state index contributed by atoms with van der Waals surface area (Å²) in [5, 5.41) is 15.6. The number of aromatic nitrogens is 3. The van der Waals surface area contributed by atoms with E-state index in [1.165, 1.54) is 6.07 Å². The summed E-state index contributed by atoms with van der Waals surface area (Å²) in [7, 11) is 0. The Kier molecular flexibility index (Phi) is 3.57. The van der Waals surface area contributed by atoms with Crippen LogP contribution in [-0.4, -0.2) is 32.7 Å². The number of hydrogen-bond acceptors (Lipinski definition) is 6. The van der Waals surface area contributed by atoms with E-state index in [0.717, 1.165) is 21.6 Å². The van der Waals surface area contributed by atoms with Gasteiger partial charge in [-0.05, 0) is 34.1 Å². The first kappa shape index (κ1) is 14.9. The average molecular weight is 390 g/mol. The van der Waals surface area contributed by atoms with Crippen molar-refractivity contribution >= 4 is 33.1 Å². The van der Waals surface area contributed by atoms with Crippen molar-refractivity contribution in [3.05, 3.63) is 56.8 Å². The number of nitrogens with zero attached hydrogens (tertiary/aromatic N) is 5. The Morgan fingerprint density at radius 1 is 1.29 bits per heavy atom. The number of benzene rings is 1. The van der Waals surface area contributed by atoms with Gasteiger partial charge < -0.3 is 9.64 Å². The quantitative estimate of drug-likeness (QED) is 0.494. The number of ether oxygens (including phenoxy) is 1. The molecule has 4 rings (SSSR count). The number of rotatable bonds is 2. The Morgan fingerprint density at radius 3 is 3.00 bits per heavy atom. The van der Waals surface area contributed by atoms with Gasteiger partial charge in [0.25, 0.3) is 5.69 Å². The molecule has 24 heavy (non-hydrogen) atoms. The molecule has 2 aromatic heterocycles. The van der Waals surface area contributed by atoms with Crippen LogP contribution in [0.25, 0.3) is 5.65 Å². The van der Waals surface area contributed by atoms with Gasteiger partial charge in [0.05, 0.1) is 17.7 Å². The zero-order valence-corrected chi connectivity index (χ0v) is 14.0. The number of halogens is 1. The van der Waals surface area contributed by atoms with E-state index in [2.05, 4.69) is 26.0 Å². The molecule has 0 N–H and O–H groups in total. The second kappa shape index (κ2) is 5.75. The predicted molar refractivity (Wildman–Crippen MR) is 90.3 cm³/mol. The number of non-ortho nitro benzene ring substituents is 1. The van der Waals surface area contributed by atoms with Gasteiger partial charge in [-0.3, -0.25) is 10.1 Å². The lowest BCUT2D eigenvalue weighted by Crippen LogP contribution is -2.26. The Balaban J connectivity index is 1.71. The van der Waals surface area contributed by atoms with Crippen molar-refractivity contribution in [2.45, 2.75) is 6.54 Å². The van der Waals surface area contributed by atoms with Crippen LogP contribution in [0.2, 0.25) is 0 Å². The van der Waals surface area contributed by atoms with Gasteiger partial charge in [-0.15, -0.1) is 5.10 Å². The Hall–Kier alpha value is -2.68. The lowest BCUT2D eigenvalue weighted by Gasteiger charge is -2.20. The summed E-state index contributed by atoms with van der Waals surface area (Å²) >= 11 is 3.41. The molecule has 8 nitrogen and oxygen atoms in total. The second-order valence-corrected chi connectivity index (χ2v) is 6.17. The fourth-order valence-electron chi connectivity index (χ4n) is 2.69. The predicted octanol–water partition coefficient (Wildman–Crippen LogP) is 2.80. The number of anilines is 1. The lowest BCUT2D eigenvalue weighted by atomic mass is 10.1. The largest absolute Gasteiger partial charge is 0.491 e. The van der Waals surface area contributed by atoms with Gasteiger partial charge in [0.15, 0.2) is 5.65 Å². The number of hydrogen-bond donors (Lipinski definition) is 0. The highest BCUT2D eigenvalue weighted by Crippen LogP contribution is 2.29. The van der Waals surface area contributed by atoms with Crippen molar-refractivity contribution in [2.24, 2.45) is 0 Å². The minimum absolute atomic E-state index is 0.0555. The van der Waals surface area contributed by atoms with Crippen molar-refractivity contribution in [2.75, 3.05) is 18.1 Å². The standard InChI is InChI=1S/C15H12BrN5O3/c16-13-8-17-14-3-4-15(18-20(13)14)19-5-6-24-12-2-1-11(21(22)23)7-10(12)9-19/h1-4,7-8H,5-6,9H2.